The molecule has 1 amide bonds. The summed E-state index contributed by atoms with van der Waals surface area (Å²) in [5.74, 6) is 0.965. The van der Waals surface area contributed by atoms with Crippen LogP contribution in [0.15, 0.2) is 10.4 Å². The van der Waals surface area contributed by atoms with Gasteiger partial charge in [-0.1, -0.05) is 0 Å². The fraction of sp³-hybridized carbons (Fsp3) is 0.545. The Morgan fingerprint density at radius 1 is 1.47 bits per heavy atom. The van der Waals surface area contributed by atoms with Crippen LogP contribution in [-0.4, -0.2) is 45.7 Å². The van der Waals surface area contributed by atoms with Crippen LogP contribution in [-0.2, 0) is 14.5 Å². The van der Waals surface area contributed by atoms with Gasteiger partial charge in [-0.2, -0.15) is 9.35 Å². The molecule has 1 aromatic rings. The van der Waals surface area contributed by atoms with E-state index in [-0.39, 0.29) is 6.54 Å². The number of nitrogens with one attached hydrogen (secondary N) is 1. The van der Waals surface area contributed by atoms with Crippen molar-refractivity contribution in [2.24, 2.45) is 4.36 Å². The second-order valence-electron chi connectivity index (χ2n) is 4.09. The first kappa shape index (κ1) is 15.4. The fourth-order valence-electron chi connectivity index (χ4n) is 1.30. The molecule has 0 saturated heterocycles. The van der Waals surface area contributed by atoms with E-state index in [4.69, 9.17) is 4.74 Å². The molecule has 1 rings (SSSR count). The van der Waals surface area contributed by atoms with Gasteiger partial charge in [0, 0.05) is 28.3 Å². The van der Waals surface area contributed by atoms with Crippen LogP contribution in [0.1, 0.15) is 12.7 Å². The molecule has 0 unspecified atom stereocenters. The Morgan fingerprint density at radius 3 is 2.74 bits per heavy atom. The first-order valence-corrected chi connectivity index (χ1v) is 8.05. The third-order valence-electron chi connectivity index (χ3n) is 1.85. The van der Waals surface area contributed by atoms with Crippen molar-refractivity contribution in [3.63, 3.8) is 0 Å². The molecule has 8 heteroatoms. The van der Waals surface area contributed by atoms with E-state index >= 15 is 0 Å². The number of hydrogen-bond acceptors (Lipinski definition) is 6. The van der Waals surface area contributed by atoms with Crippen molar-refractivity contribution in [1.82, 2.24) is 9.97 Å². The maximum Gasteiger partial charge on any atom is 0.273 e. The third kappa shape index (κ3) is 6.14. The molecule has 7 nitrogen and oxygen atoms in total. The number of rotatable bonds is 5. The van der Waals surface area contributed by atoms with Gasteiger partial charge in [0.05, 0.1) is 13.2 Å². The summed E-state index contributed by atoms with van der Waals surface area (Å²) in [6.45, 7) is 4.01. The normalized spacial score (nSPS) is 10.9. The van der Waals surface area contributed by atoms with Gasteiger partial charge in [0.25, 0.3) is 5.91 Å². The molecule has 0 bridgehead atoms. The summed E-state index contributed by atoms with van der Waals surface area (Å²) < 4.78 is 20.2. The van der Waals surface area contributed by atoms with Gasteiger partial charge in [-0.3, -0.25) is 4.79 Å². The monoisotopic (exact) mass is 286 g/mol. The van der Waals surface area contributed by atoms with E-state index in [1.807, 2.05) is 6.92 Å². The van der Waals surface area contributed by atoms with E-state index < -0.39 is 15.6 Å². The summed E-state index contributed by atoms with van der Waals surface area (Å²) in [6.07, 6.45) is 2.82. The van der Waals surface area contributed by atoms with E-state index in [0.29, 0.717) is 24.1 Å². The third-order valence-corrected chi connectivity index (χ3v) is 2.49. The highest BCUT2D eigenvalue weighted by Gasteiger charge is 2.05. The molecule has 0 aliphatic carbocycles. The molecule has 1 aromatic heterocycles. The highest BCUT2D eigenvalue weighted by Crippen LogP contribution is 2.12. The Bertz CT molecular complexity index is 571. The lowest BCUT2D eigenvalue weighted by Gasteiger charge is -2.07. The predicted octanol–water partition coefficient (Wildman–Crippen LogP) is 0.850. The number of amides is 1. The Hall–Kier alpha value is -1.70. The van der Waals surface area contributed by atoms with Crippen molar-refractivity contribution < 1.29 is 13.7 Å². The van der Waals surface area contributed by atoms with Gasteiger partial charge in [-0.25, -0.2) is 9.19 Å². The van der Waals surface area contributed by atoms with Crippen molar-refractivity contribution in [3.05, 3.63) is 11.9 Å². The average molecular weight is 286 g/mol. The minimum atomic E-state index is -2.42. The Kier molecular flexibility index (Phi) is 5.22. The maximum absolute atomic E-state index is 11.4. The second-order valence-corrected chi connectivity index (χ2v) is 6.64. The minimum absolute atomic E-state index is 0.0688. The summed E-state index contributed by atoms with van der Waals surface area (Å²) in [4.78, 5) is 19.6. The average Bonchev–Trinajstić information content (AvgIpc) is 2.24. The lowest BCUT2D eigenvalue weighted by Crippen LogP contribution is -2.14. The van der Waals surface area contributed by atoms with Crippen molar-refractivity contribution in [1.29, 1.82) is 0 Å². The largest absolute Gasteiger partial charge is 0.478 e. The quantitative estimate of drug-likeness (QED) is 0.862. The molecule has 0 fully saturated rings. The number of ether oxygens (including phenoxy) is 1. The highest BCUT2D eigenvalue weighted by molar-refractivity contribution is 7.92. The standard InChI is InChI=1S/C11H18N4O3S/c1-5-18-11-6-9(13-8(2)14-11)12-7-10(16)15-19(3,4)17/h6H,5,7H2,1-4H3,(H,12,13,14). The lowest BCUT2D eigenvalue weighted by molar-refractivity contribution is -0.116. The summed E-state index contributed by atoms with van der Waals surface area (Å²) in [5.41, 5.74) is 0. The van der Waals surface area contributed by atoms with Crippen molar-refractivity contribution in [2.45, 2.75) is 13.8 Å². The van der Waals surface area contributed by atoms with E-state index in [1.165, 1.54) is 12.5 Å². The number of carbonyl (C=O) groups excluding carboxylic acids is 1. The fourth-order valence-corrected chi connectivity index (χ4v) is 1.85. The highest BCUT2D eigenvalue weighted by atomic mass is 32.2. The first-order chi connectivity index (χ1) is 8.80. The van der Waals surface area contributed by atoms with E-state index in [1.54, 1.807) is 13.0 Å². The van der Waals surface area contributed by atoms with Crippen LogP contribution in [0.5, 0.6) is 5.88 Å². The molecule has 1 heterocycles. The molecule has 0 saturated carbocycles. The summed E-state index contributed by atoms with van der Waals surface area (Å²) >= 11 is 0. The zero-order valence-corrected chi connectivity index (χ0v) is 12.3. The van der Waals surface area contributed by atoms with Crippen LogP contribution in [0.4, 0.5) is 5.82 Å². The van der Waals surface area contributed by atoms with Crippen LogP contribution in [0.2, 0.25) is 0 Å². The SMILES string of the molecule is CCOc1cc(NCC(=O)N=S(C)(C)=O)nc(C)n1. The summed E-state index contributed by atoms with van der Waals surface area (Å²) in [6, 6.07) is 1.60. The Balaban J connectivity index is 2.73. The van der Waals surface area contributed by atoms with Crippen LogP contribution in [0.3, 0.4) is 0 Å². The topological polar surface area (TPSA) is 93.5 Å². The number of hydrogen-bond donors (Lipinski definition) is 1. The van der Waals surface area contributed by atoms with E-state index in [2.05, 4.69) is 19.6 Å². The van der Waals surface area contributed by atoms with Gasteiger partial charge < -0.3 is 10.1 Å². The van der Waals surface area contributed by atoms with Crippen LogP contribution < -0.4 is 10.1 Å². The van der Waals surface area contributed by atoms with Gasteiger partial charge in [0.2, 0.25) is 5.88 Å². The summed E-state index contributed by atoms with van der Waals surface area (Å²) in [5, 5.41) is 2.81. The van der Waals surface area contributed by atoms with E-state index in [0.717, 1.165) is 0 Å². The smallest absolute Gasteiger partial charge is 0.273 e. The molecule has 0 spiro atoms. The molecule has 0 radical (unpaired) electrons. The van der Waals surface area contributed by atoms with Crippen molar-refractivity contribution >= 4 is 21.5 Å². The number of anilines is 1. The zero-order chi connectivity index (χ0) is 14.5. The predicted molar refractivity (Wildman–Crippen MR) is 73.9 cm³/mol. The molecule has 19 heavy (non-hydrogen) atoms. The van der Waals surface area contributed by atoms with Crippen molar-refractivity contribution in [2.75, 3.05) is 31.0 Å². The van der Waals surface area contributed by atoms with Crippen LogP contribution >= 0.6 is 0 Å². The van der Waals surface area contributed by atoms with Gasteiger partial charge in [-0.15, -0.1) is 0 Å². The Morgan fingerprint density at radius 2 is 2.16 bits per heavy atom. The molecule has 0 atom stereocenters. The number of carbonyl (C=O) groups is 1. The zero-order valence-electron chi connectivity index (χ0n) is 11.5. The second kappa shape index (κ2) is 6.46. The van der Waals surface area contributed by atoms with Gasteiger partial charge in [-0.05, 0) is 13.8 Å². The molecule has 0 aromatic carbocycles. The van der Waals surface area contributed by atoms with Crippen LogP contribution in [0, 0.1) is 6.92 Å². The van der Waals surface area contributed by atoms with Crippen LogP contribution in [0.25, 0.3) is 0 Å². The molecular formula is C11H18N4O3S. The molecular weight excluding hydrogens is 268 g/mol. The van der Waals surface area contributed by atoms with E-state index in [9.17, 15) is 9.00 Å². The maximum atomic E-state index is 11.4. The van der Waals surface area contributed by atoms with Gasteiger partial charge in [0.15, 0.2) is 0 Å². The number of nitrogens with zero attached hydrogens (tertiary/aromatic N) is 3. The minimum Gasteiger partial charge on any atom is -0.478 e. The Labute approximate surface area is 113 Å². The first-order valence-electron chi connectivity index (χ1n) is 5.72. The molecule has 0 aliphatic rings. The molecule has 106 valence electrons. The number of aryl methyl sites for hydroxylation is 1. The van der Waals surface area contributed by atoms with Gasteiger partial charge in [0.1, 0.15) is 11.6 Å². The lowest BCUT2D eigenvalue weighted by atomic mass is 10.5. The molecule has 0 aliphatic heterocycles. The number of aromatic nitrogens is 2. The molecule has 1 N–H and O–H groups in total. The van der Waals surface area contributed by atoms with Crippen molar-refractivity contribution in [3.8, 4) is 5.88 Å². The summed E-state index contributed by atoms with van der Waals surface area (Å²) in [7, 11) is -2.42. The van der Waals surface area contributed by atoms with Gasteiger partial charge >= 0.3 is 0 Å².